The molecule has 128 valence electrons. The van der Waals surface area contributed by atoms with Crippen LogP contribution in [0, 0.1) is 0 Å². The highest BCUT2D eigenvalue weighted by molar-refractivity contribution is 5.74. The van der Waals surface area contributed by atoms with Crippen LogP contribution in [0.2, 0.25) is 0 Å². The fourth-order valence-corrected chi connectivity index (χ4v) is 2.95. The van der Waals surface area contributed by atoms with E-state index < -0.39 is 0 Å². The second kappa shape index (κ2) is 7.25. The van der Waals surface area contributed by atoms with Gasteiger partial charge < -0.3 is 24.8 Å². The average molecular weight is 329 g/mol. The number of hydrogen-bond acceptors (Lipinski definition) is 4. The predicted octanol–water partition coefficient (Wildman–Crippen LogP) is 1.51. The van der Waals surface area contributed by atoms with E-state index in [1.165, 1.54) is 0 Å². The Labute approximate surface area is 141 Å². The second-order valence-electron chi connectivity index (χ2n) is 5.88. The van der Waals surface area contributed by atoms with E-state index in [1.54, 1.807) is 13.3 Å². The van der Waals surface area contributed by atoms with Gasteiger partial charge in [-0.3, -0.25) is 0 Å². The Morgan fingerprint density at radius 2 is 2.25 bits per heavy atom. The molecule has 2 amide bonds. The number of rotatable bonds is 5. The molecule has 24 heavy (non-hydrogen) atoms. The third-order valence-electron chi connectivity index (χ3n) is 4.28. The third kappa shape index (κ3) is 3.61. The monoisotopic (exact) mass is 329 g/mol. The Bertz CT molecular complexity index is 700. The lowest BCUT2D eigenvalue weighted by molar-refractivity contribution is 0.237. The molecule has 0 bridgehead atoms. The van der Waals surface area contributed by atoms with Crippen LogP contribution in [-0.2, 0) is 13.6 Å². The van der Waals surface area contributed by atoms with Crippen molar-refractivity contribution in [2.45, 2.75) is 19.0 Å². The summed E-state index contributed by atoms with van der Waals surface area (Å²) in [5.41, 5.74) is 1.07. The first-order chi connectivity index (χ1) is 11.7. The van der Waals surface area contributed by atoms with E-state index in [-0.39, 0.29) is 12.1 Å². The van der Waals surface area contributed by atoms with Crippen LogP contribution >= 0.6 is 0 Å². The quantitative estimate of drug-likeness (QED) is 0.872. The number of hydrogen-bond donors (Lipinski definition) is 2. The van der Waals surface area contributed by atoms with E-state index in [1.807, 2.05) is 42.1 Å². The van der Waals surface area contributed by atoms with Gasteiger partial charge in [0.25, 0.3) is 0 Å². The highest BCUT2D eigenvalue weighted by Crippen LogP contribution is 2.30. The first-order valence-corrected chi connectivity index (χ1v) is 8.06. The molecule has 1 saturated heterocycles. The van der Waals surface area contributed by atoms with Crippen LogP contribution in [-0.4, -0.2) is 41.8 Å². The van der Waals surface area contributed by atoms with Gasteiger partial charge in [0.15, 0.2) is 0 Å². The number of nitrogens with one attached hydrogen (secondary N) is 2. The molecule has 1 aliphatic rings. The van der Waals surface area contributed by atoms with Crippen molar-refractivity contribution >= 4 is 11.7 Å². The van der Waals surface area contributed by atoms with Crippen molar-refractivity contribution in [3.8, 4) is 5.75 Å². The Balaban J connectivity index is 1.51. The standard InChI is InChI=1S/C17H23N5O2/c1-21-10-8-18-16(21)11-19-17(23)20-13-7-9-22(12-13)14-5-3-4-6-15(14)24-2/h3-6,8,10,13H,7,9,11-12H2,1-2H3,(H2,19,20,23)/t13-/m0/s1. The minimum absolute atomic E-state index is 0.122. The first-order valence-electron chi connectivity index (χ1n) is 8.06. The maximum Gasteiger partial charge on any atom is 0.315 e. The van der Waals surface area contributed by atoms with Crippen molar-refractivity contribution < 1.29 is 9.53 Å². The fourth-order valence-electron chi connectivity index (χ4n) is 2.95. The molecule has 0 radical (unpaired) electrons. The number of para-hydroxylation sites is 2. The number of aromatic nitrogens is 2. The minimum Gasteiger partial charge on any atom is -0.495 e. The third-order valence-corrected chi connectivity index (χ3v) is 4.28. The van der Waals surface area contributed by atoms with E-state index in [0.717, 1.165) is 36.8 Å². The number of nitrogens with zero attached hydrogens (tertiary/aromatic N) is 3. The number of imidazole rings is 1. The van der Waals surface area contributed by atoms with Crippen molar-refractivity contribution in [3.05, 3.63) is 42.5 Å². The Hall–Kier alpha value is -2.70. The highest BCUT2D eigenvalue weighted by atomic mass is 16.5. The number of anilines is 1. The lowest BCUT2D eigenvalue weighted by atomic mass is 10.2. The maximum absolute atomic E-state index is 12.1. The molecule has 2 heterocycles. The summed E-state index contributed by atoms with van der Waals surface area (Å²) in [5, 5.41) is 5.88. The second-order valence-corrected chi connectivity index (χ2v) is 5.88. The molecule has 1 aromatic carbocycles. The molecule has 2 aromatic rings. The molecule has 2 N–H and O–H groups in total. The summed E-state index contributed by atoms with van der Waals surface area (Å²) in [6.45, 7) is 2.08. The highest BCUT2D eigenvalue weighted by Gasteiger charge is 2.25. The SMILES string of the molecule is COc1ccccc1N1CC[C@H](NC(=O)NCc2nccn2C)C1. The van der Waals surface area contributed by atoms with Crippen molar-refractivity contribution in [1.82, 2.24) is 20.2 Å². The summed E-state index contributed by atoms with van der Waals surface area (Å²) in [4.78, 5) is 18.5. The Kier molecular flexibility index (Phi) is 4.88. The van der Waals surface area contributed by atoms with Crippen molar-refractivity contribution in [2.75, 3.05) is 25.1 Å². The van der Waals surface area contributed by atoms with E-state index >= 15 is 0 Å². The van der Waals surface area contributed by atoms with Gasteiger partial charge in [-0.2, -0.15) is 0 Å². The van der Waals surface area contributed by atoms with E-state index in [4.69, 9.17) is 4.74 Å². The molecule has 3 rings (SSSR count). The minimum atomic E-state index is -0.162. The predicted molar refractivity (Wildman–Crippen MR) is 92.2 cm³/mol. The van der Waals surface area contributed by atoms with Crippen LogP contribution in [0.25, 0.3) is 0 Å². The zero-order valence-corrected chi connectivity index (χ0v) is 14.0. The van der Waals surface area contributed by atoms with Gasteiger partial charge in [0, 0.05) is 38.6 Å². The number of ether oxygens (including phenoxy) is 1. The Morgan fingerprint density at radius 3 is 3.00 bits per heavy atom. The molecular weight excluding hydrogens is 306 g/mol. The fraction of sp³-hybridized carbons (Fsp3) is 0.412. The number of urea groups is 1. The van der Waals surface area contributed by atoms with Crippen LogP contribution in [0.5, 0.6) is 5.75 Å². The molecule has 0 spiro atoms. The van der Waals surface area contributed by atoms with Crippen LogP contribution in [0.4, 0.5) is 10.5 Å². The molecule has 1 aliphatic heterocycles. The lowest BCUT2D eigenvalue weighted by Gasteiger charge is -2.21. The summed E-state index contributed by atoms with van der Waals surface area (Å²) in [6, 6.07) is 7.91. The molecule has 1 fully saturated rings. The first kappa shape index (κ1) is 16.2. The number of amides is 2. The Morgan fingerprint density at radius 1 is 1.42 bits per heavy atom. The molecule has 1 atom stereocenters. The summed E-state index contributed by atoms with van der Waals surface area (Å²) >= 11 is 0. The van der Waals surface area contributed by atoms with Gasteiger partial charge in [-0.1, -0.05) is 12.1 Å². The molecule has 1 aromatic heterocycles. The molecule has 0 unspecified atom stereocenters. The van der Waals surface area contributed by atoms with E-state index in [2.05, 4.69) is 20.5 Å². The number of aryl methyl sites for hydroxylation is 1. The topological polar surface area (TPSA) is 71.4 Å². The van der Waals surface area contributed by atoms with Crippen LogP contribution in [0.1, 0.15) is 12.2 Å². The molecule has 0 aliphatic carbocycles. The largest absolute Gasteiger partial charge is 0.495 e. The number of carbonyl (C=O) groups is 1. The maximum atomic E-state index is 12.1. The summed E-state index contributed by atoms with van der Waals surface area (Å²) < 4.78 is 7.30. The molecule has 7 nitrogen and oxygen atoms in total. The van der Waals surface area contributed by atoms with Gasteiger partial charge in [0.1, 0.15) is 11.6 Å². The summed E-state index contributed by atoms with van der Waals surface area (Å²) in [5.74, 6) is 1.68. The van der Waals surface area contributed by atoms with Crippen molar-refractivity contribution in [1.29, 1.82) is 0 Å². The van der Waals surface area contributed by atoms with Gasteiger partial charge in [-0.15, -0.1) is 0 Å². The van der Waals surface area contributed by atoms with Gasteiger partial charge in [-0.05, 0) is 18.6 Å². The van der Waals surface area contributed by atoms with Crippen molar-refractivity contribution in [3.63, 3.8) is 0 Å². The smallest absolute Gasteiger partial charge is 0.315 e. The van der Waals surface area contributed by atoms with Crippen molar-refractivity contribution in [2.24, 2.45) is 7.05 Å². The van der Waals surface area contributed by atoms with Gasteiger partial charge in [0.2, 0.25) is 0 Å². The summed E-state index contributed by atoms with van der Waals surface area (Å²) in [6.07, 6.45) is 4.49. The van der Waals surface area contributed by atoms with E-state index in [9.17, 15) is 4.79 Å². The molecule has 7 heteroatoms. The number of benzene rings is 1. The molecule has 0 saturated carbocycles. The van der Waals surface area contributed by atoms with Crippen LogP contribution in [0.3, 0.4) is 0 Å². The molecular formula is C17H23N5O2. The lowest BCUT2D eigenvalue weighted by Crippen LogP contribution is -2.43. The van der Waals surface area contributed by atoms with Gasteiger partial charge in [0.05, 0.1) is 19.3 Å². The van der Waals surface area contributed by atoms with Crippen LogP contribution < -0.4 is 20.3 Å². The normalized spacial score (nSPS) is 16.9. The number of methoxy groups -OCH3 is 1. The van der Waals surface area contributed by atoms with Gasteiger partial charge >= 0.3 is 6.03 Å². The average Bonchev–Trinajstić information content (AvgIpc) is 3.22. The zero-order chi connectivity index (χ0) is 16.9. The summed E-state index contributed by atoms with van der Waals surface area (Å²) in [7, 11) is 3.58. The van der Waals surface area contributed by atoms with E-state index in [0.29, 0.717) is 6.54 Å². The van der Waals surface area contributed by atoms with Crippen LogP contribution in [0.15, 0.2) is 36.7 Å². The van der Waals surface area contributed by atoms with Gasteiger partial charge in [-0.25, -0.2) is 9.78 Å². The zero-order valence-electron chi connectivity index (χ0n) is 14.0. The number of carbonyl (C=O) groups excluding carboxylic acids is 1.